The van der Waals surface area contributed by atoms with Gasteiger partial charge in [-0.2, -0.15) is 11.3 Å². The molecular weight excluding hydrogens is 296 g/mol. The van der Waals surface area contributed by atoms with Gasteiger partial charge < -0.3 is 10.6 Å². The number of thiophene rings is 1. The second kappa shape index (κ2) is 7.56. The molecule has 0 radical (unpaired) electrons. The Hall–Kier alpha value is -2.40. The first-order valence-corrected chi connectivity index (χ1v) is 7.91. The van der Waals surface area contributed by atoms with Gasteiger partial charge in [0.25, 0.3) is 0 Å². The van der Waals surface area contributed by atoms with Crippen LogP contribution in [0.4, 0.5) is 10.5 Å². The van der Waals surface area contributed by atoms with Crippen molar-refractivity contribution < 1.29 is 9.59 Å². The second-order valence-corrected chi connectivity index (χ2v) is 5.86. The van der Waals surface area contributed by atoms with Crippen molar-refractivity contribution in [1.82, 2.24) is 5.32 Å². The van der Waals surface area contributed by atoms with Gasteiger partial charge in [-0.25, -0.2) is 4.79 Å². The number of hydrogen-bond acceptors (Lipinski definition) is 3. The highest BCUT2D eigenvalue weighted by Gasteiger charge is 2.05. The molecular formula is C17H18N2O2S. The Balaban J connectivity index is 1.96. The molecule has 2 rings (SSSR count). The summed E-state index contributed by atoms with van der Waals surface area (Å²) in [5, 5.41) is 9.39. The molecule has 4 nitrogen and oxygen atoms in total. The minimum absolute atomic E-state index is 0.0654. The Bertz CT molecular complexity index is 658. The minimum Gasteiger partial charge on any atom is -0.336 e. The lowest BCUT2D eigenvalue weighted by Crippen LogP contribution is -2.34. The van der Waals surface area contributed by atoms with Crippen molar-refractivity contribution in [2.45, 2.75) is 19.9 Å². The predicted molar refractivity (Wildman–Crippen MR) is 91.4 cm³/mol. The third kappa shape index (κ3) is 4.86. The normalized spacial score (nSPS) is 10.9. The van der Waals surface area contributed by atoms with Crippen LogP contribution in [-0.4, -0.2) is 17.9 Å². The third-order valence-corrected chi connectivity index (χ3v) is 3.52. The van der Waals surface area contributed by atoms with Gasteiger partial charge in [-0.3, -0.25) is 4.79 Å². The molecule has 1 heterocycles. The molecule has 2 aromatic rings. The van der Waals surface area contributed by atoms with E-state index in [0.29, 0.717) is 11.3 Å². The van der Waals surface area contributed by atoms with E-state index >= 15 is 0 Å². The lowest BCUT2D eigenvalue weighted by atomic mass is 10.1. The van der Waals surface area contributed by atoms with Crippen LogP contribution in [0, 0.1) is 0 Å². The van der Waals surface area contributed by atoms with Crippen LogP contribution in [-0.2, 0) is 0 Å². The van der Waals surface area contributed by atoms with E-state index in [1.807, 2.05) is 30.7 Å². The zero-order chi connectivity index (χ0) is 15.9. The Labute approximate surface area is 133 Å². The fraction of sp³-hybridized carbons (Fsp3) is 0.176. The van der Waals surface area contributed by atoms with Gasteiger partial charge in [0, 0.05) is 17.3 Å². The fourth-order valence-corrected chi connectivity index (χ4v) is 2.41. The molecule has 22 heavy (non-hydrogen) atoms. The molecule has 0 bridgehead atoms. The fourth-order valence-electron chi connectivity index (χ4n) is 1.79. The molecule has 0 unspecified atom stereocenters. The van der Waals surface area contributed by atoms with E-state index < -0.39 is 0 Å². The molecule has 0 saturated heterocycles. The number of carbonyl (C=O) groups is 2. The molecule has 0 aliphatic heterocycles. The van der Waals surface area contributed by atoms with Crippen molar-refractivity contribution in [3.05, 3.63) is 58.3 Å². The molecule has 5 heteroatoms. The average molecular weight is 314 g/mol. The largest absolute Gasteiger partial charge is 0.336 e. The van der Waals surface area contributed by atoms with Crippen LogP contribution in [0.1, 0.15) is 29.8 Å². The summed E-state index contributed by atoms with van der Waals surface area (Å²) in [4.78, 5) is 23.6. The summed E-state index contributed by atoms with van der Waals surface area (Å²) in [5.41, 5.74) is 2.25. The molecule has 2 amide bonds. The number of hydrogen-bond donors (Lipinski definition) is 2. The van der Waals surface area contributed by atoms with Crippen molar-refractivity contribution >= 4 is 34.9 Å². The summed E-state index contributed by atoms with van der Waals surface area (Å²) in [5.74, 6) is -0.0654. The Morgan fingerprint density at radius 2 is 1.86 bits per heavy atom. The van der Waals surface area contributed by atoms with Gasteiger partial charge in [-0.05, 0) is 66.6 Å². The maximum absolute atomic E-state index is 12.0. The topological polar surface area (TPSA) is 58.2 Å². The van der Waals surface area contributed by atoms with Gasteiger partial charge in [-0.15, -0.1) is 0 Å². The average Bonchev–Trinajstić information content (AvgIpc) is 2.98. The number of amides is 2. The minimum atomic E-state index is -0.258. The predicted octanol–water partition coefficient (Wildman–Crippen LogP) is 4.17. The zero-order valence-electron chi connectivity index (χ0n) is 12.5. The number of benzene rings is 1. The molecule has 0 fully saturated rings. The lowest BCUT2D eigenvalue weighted by Gasteiger charge is -2.10. The van der Waals surface area contributed by atoms with E-state index in [9.17, 15) is 9.59 Å². The number of nitrogens with one attached hydrogen (secondary N) is 2. The molecule has 1 aromatic carbocycles. The van der Waals surface area contributed by atoms with Crippen LogP contribution in [0.5, 0.6) is 0 Å². The van der Waals surface area contributed by atoms with Crippen molar-refractivity contribution in [2.24, 2.45) is 0 Å². The summed E-state index contributed by atoms with van der Waals surface area (Å²) in [6.45, 7) is 3.78. The first-order chi connectivity index (χ1) is 10.5. The molecule has 114 valence electrons. The van der Waals surface area contributed by atoms with Crippen LogP contribution < -0.4 is 10.6 Å². The third-order valence-electron chi connectivity index (χ3n) is 2.82. The highest BCUT2D eigenvalue weighted by molar-refractivity contribution is 7.08. The van der Waals surface area contributed by atoms with Gasteiger partial charge in [-0.1, -0.05) is 6.08 Å². The van der Waals surface area contributed by atoms with E-state index in [-0.39, 0.29) is 17.9 Å². The number of carbonyl (C=O) groups excluding carboxylic acids is 2. The molecule has 0 spiro atoms. The Morgan fingerprint density at radius 1 is 1.14 bits per heavy atom. The number of anilines is 1. The van der Waals surface area contributed by atoms with Gasteiger partial charge in [0.05, 0.1) is 0 Å². The van der Waals surface area contributed by atoms with Crippen LogP contribution >= 0.6 is 11.3 Å². The summed E-state index contributed by atoms with van der Waals surface area (Å²) in [6.07, 6.45) is 3.34. The smallest absolute Gasteiger partial charge is 0.319 e. The van der Waals surface area contributed by atoms with Crippen LogP contribution in [0.15, 0.2) is 47.2 Å². The van der Waals surface area contributed by atoms with Gasteiger partial charge in [0.1, 0.15) is 0 Å². The van der Waals surface area contributed by atoms with Crippen molar-refractivity contribution in [2.75, 3.05) is 5.32 Å². The first kappa shape index (κ1) is 16.0. The van der Waals surface area contributed by atoms with Crippen molar-refractivity contribution in [3.8, 4) is 0 Å². The van der Waals surface area contributed by atoms with Gasteiger partial charge in [0.2, 0.25) is 0 Å². The van der Waals surface area contributed by atoms with Crippen molar-refractivity contribution in [3.63, 3.8) is 0 Å². The van der Waals surface area contributed by atoms with E-state index in [2.05, 4.69) is 10.6 Å². The lowest BCUT2D eigenvalue weighted by molar-refractivity contribution is 0.104. The number of rotatable bonds is 5. The van der Waals surface area contributed by atoms with Gasteiger partial charge in [0.15, 0.2) is 5.78 Å². The van der Waals surface area contributed by atoms with Gasteiger partial charge >= 0.3 is 6.03 Å². The first-order valence-electron chi connectivity index (χ1n) is 6.97. The maximum atomic E-state index is 12.0. The molecule has 0 saturated carbocycles. The van der Waals surface area contributed by atoms with E-state index in [0.717, 1.165) is 5.56 Å². The van der Waals surface area contributed by atoms with E-state index in [1.165, 1.54) is 0 Å². The van der Waals surface area contributed by atoms with E-state index in [4.69, 9.17) is 0 Å². The van der Waals surface area contributed by atoms with Crippen LogP contribution in [0.2, 0.25) is 0 Å². The summed E-state index contributed by atoms with van der Waals surface area (Å²) < 4.78 is 0. The standard InChI is InChI=1S/C17H18N2O2S/c1-12(2)18-17(21)19-15-6-4-14(5-7-15)16(20)8-3-13-9-10-22-11-13/h3-12H,1-2H3,(H2,18,19,21). The number of ketones is 1. The molecule has 0 aliphatic rings. The zero-order valence-corrected chi connectivity index (χ0v) is 13.3. The summed E-state index contributed by atoms with van der Waals surface area (Å²) in [7, 11) is 0. The van der Waals surface area contributed by atoms with Crippen LogP contribution in [0.25, 0.3) is 6.08 Å². The monoisotopic (exact) mass is 314 g/mol. The quantitative estimate of drug-likeness (QED) is 0.642. The summed E-state index contributed by atoms with van der Waals surface area (Å²) >= 11 is 1.59. The number of allylic oxidation sites excluding steroid dienone is 1. The highest BCUT2D eigenvalue weighted by Crippen LogP contribution is 2.12. The molecule has 0 atom stereocenters. The van der Waals surface area contributed by atoms with Crippen molar-refractivity contribution in [1.29, 1.82) is 0 Å². The maximum Gasteiger partial charge on any atom is 0.319 e. The second-order valence-electron chi connectivity index (χ2n) is 5.08. The molecule has 0 aliphatic carbocycles. The highest BCUT2D eigenvalue weighted by atomic mass is 32.1. The number of urea groups is 1. The SMILES string of the molecule is CC(C)NC(=O)Nc1ccc(C(=O)C=Cc2ccsc2)cc1. The Morgan fingerprint density at radius 3 is 2.45 bits per heavy atom. The molecule has 1 aromatic heterocycles. The van der Waals surface area contributed by atoms with Crippen LogP contribution in [0.3, 0.4) is 0 Å². The summed E-state index contributed by atoms with van der Waals surface area (Å²) in [6, 6.07) is 8.59. The Kier molecular flexibility index (Phi) is 5.49. The van der Waals surface area contributed by atoms with E-state index in [1.54, 1.807) is 47.8 Å². The molecule has 2 N–H and O–H groups in total.